The fraction of sp³-hybridized carbons (Fsp3) is 0.300. The number of aryl methyl sites for hydroxylation is 1. The number of rotatable bonds is 2. The van der Waals surface area contributed by atoms with Crippen molar-refractivity contribution in [2.24, 2.45) is 0 Å². The SMILES string of the molecule is Cc1ncc(Cn2nccn2)cc1C(F)(F)F. The molecule has 0 saturated heterocycles. The highest BCUT2D eigenvalue weighted by Gasteiger charge is 2.33. The molecule has 2 aromatic heterocycles. The van der Waals surface area contributed by atoms with E-state index in [1.807, 2.05) is 0 Å². The van der Waals surface area contributed by atoms with Crippen LogP contribution in [0.5, 0.6) is 0 Å². The summed E-state index contributed by atoms with van der Waals surface area (Å²) in [5.41, 5.74) is -0.337. The Hall–Kier alpha value is -1.92. The Labute approximate surface area is 95.1 Å². The van der Waals surface area contributed by atoms with Gasteiger partial charge in [0.1, 0.15) is 0 Å². The Kier molecular flexibility index (Phi) is 2.83. The Bertz CT molecular complexity index is 505. The van der Waals surface area contributed by atoms with Crippen LogP contribution < -0.4 is 0 Å². The van der Waals surface area contributed by atoms with E-state index in [4.69, 9.17) is 0 Å². The lowest BCUT2D eigenvalue weighted by molar-refractivity contribution is -0.138. The molecule has 90 valence electrons. The second-order valence-electron chi connectivity index (χ2n) is 3.53. The molecule has 0 aliphatic carbocycles. The molecule has 0 radical (unpaired) electrons. The molecular formula is C10H9F3N4. The summed E-state index contributed by atoms with van der Waals surface area (Å²) in [7, 11) is 0. The second-order valence-corrected chi connectivity index (χ2v) is 3.53. The van der Waals surface area contributed by atoms with Crippen molar-refractivity contribution in [1.82, 2.24) is 20.0 Å². The molecule has 2 heterocycles. The molecule has 4 nitrogen and oxygen atoms in total. The maximum absolute atomic E-state index is 12.6. The first-order valence-electron chi connectivity index (χ1n) is 4.83. The molecule has 0 unspecified atom stereocenters. The van der Waals surface area contributed by atoms with Crippen LogP contribution in [0.1, 0.15) is 16.8 Å². The van der Waals surface area contributed by atoms with Crippen molar-refractivity contribution < 1.29 is 13.2 Å². The van der Waals surface area contributed by atoms with Gasteiger partial charge in [-0.3, -0.25) is 4.98 Å². The van der Waals surface area contributed by atoms with Crippen LogP contribution in [-0.2, 0) is 12.7 Å². The Balaban J connectivity index is 2.31. The van der Waals surface area contributed by atoms with Crippen molar-refractivity contribution in [3.05, 3.63) is 41.5 Å². The molecule has 2 aromatic rings. The van der Waals surface area contributed by atoms with Gasteiger partial charge >= 0.3 is 6.18 Å². The minimum Gasteiger partial charge on any atom is -0.261 e. The molecule has 0 amide bonds. The van der Waals surface area contributed by atoms with Gasteiger partial charge in [-0.2, -0.15) is 28.2 Å². The number of halogens is 3. The Morgan fingerprint density at radius 3 is 2.47 bits per heavy atom. The van der Waals surface area contributed by atoms with Gasteiger partial charge in [0.25, 0.3) is 0 Å². The summed E-state index contributed by atoms with van der Waals surface area (Å²) in [5.74, 6) is 0. The van der Waals surface area contributed by atoms with Crippen molar-refractivity contribution in [3.63, 3.8) is 0 Å². The van der Waals surface area contributed by atoms with Gasteiger partial charge in [-0.15, -0.1) is 0 Å². The molecule has 0 aliphatic rings. The second kappa shape index (κ2) is 4.15. The number of aromatic nitrogens is 4. The average molecular weight is 242 g/mol. The molecule has 0 saturated carbocycles. The van der Waals surface area contributed by atoms with E-state index in [1.54, 1.807) is 0 Å². The third-order valence-electron chi connectivity index (χ3n) is 2.24. The fourth-order valence-corrected chi connectivity index (χ4v) is 1.44. The number of hydrogen-bond donors (Lipinski definition) is 0. The van der Waals surface area contributed by atoms with Gasteiger partial charge in [0, 0.05) is 11.9 Å². The lowest BCUT2D eigenvalue weighted by Crippen LogP contribution is -2.11. The summed E-state index contributed by atoms with van der Waals surface area (Å²) in [6.45, 7) is 1.50. The minimum absolute atomic E-state index is 0.0327. The van der Waals surface area contributed by atoms with Gasteiger partial charge < -0.3 is 0 Å². The van der Waals surface area contributed by atoms with E-state index < -0.39 is 11.7 Å². The molecular weight excluding hydrogens is 233 g/mol. The first kappa shape index (κ1) is 11.6. The quantitative estimate of drug-likeness (QED) is 0.809. The number of nitrogens with zero attached hydrogens (tertiary/aromatic N) is 4. The van der Waals surface area contributed by atoms with Crippen molar-refractivity contribution in [2.45, 2.75) is 19.6 Å². The smallest absolute Gasteiger partial charge is 0.261 e. The van der Waals surface area contributed by atoms with Crippen LogP contribution in [0.25, 0.3) is 0 Å². The Morgan fingerprint density at radius 1 is 1.24 bits per heavy atom. The largest absolute Gasteiger partial charge is 0.418 e. The van der Waals surface area contributed by atoms with Gasteiger partial charge in [-0.05, 0) is 18.6 Å². The lowest BCUT2D eigenvalue weighted by atomic mass is 10.1. The number of pyridine rings is 1. The van der Waals surface area contributed by atoms with E-state index in [0.29, 0.717) is 5.56 Å². The van der Waals surface area contributed by atoms with Gasteiger partial charge in [-0.25, -0.2) is 0 Å². The molecule has 2 rings (SSSR count). The van der Waals surface area contributed by atoms with Gasteiger partial charge in [0.15, 0.2) is 0 Å². The zero-order valence-corrected chi connectivity index (χ0v) is 8.94. The molecule has 0 spiro atoms. The highest BCUT2D eigenvalue weighted by molar-refractivity contribution is 5.27. The molecule has 17 heavy (non-hydrogen) atoms. The summed E-state index contributed by atoms with van der Waals surface area (Å²) >= 11 is 0. The highest BCUT2D eigenvalue weighted by atomic mass is 19.4. The highest BCUT2D eigenvalue weighted by Crippen LogP contribution is 2.31. The molecule has 0 aromatic carbocycles. The monoisotopic (exact) mass is 242 g/mol. The van der Waals surface area contributed by atoms with E-state index in [-0.39, 0.29) is 12.2 Å². The molecule has 0 aliphatic heterocycles. The predicted molar refractivity (Wildman–Crippen MR) is 53.1 cm³/mol. The molecule has 0 N–H and O–H groups in total. The van der Waals surface area contributed by atoms with Crippen molar-refractivity contribution in [1.29, 1.82) is 0 Å². The summed E-state index contributed by atoms with van der Waals surface area (Å²) in [5, 5.41) is 7.64. The zero-order chi connectivity index (χ0) is 12.5. The number of alkyl halides is 3. The molecule has 0 fully saturated rings. The van der Waals surface area contributed by atoms with Gasteiger partial charge in [0.05, 0.1) is 24.5 Å². The minimum atomic E-state index is -4.38. The summed E-state index contributed by atoms with van der Waals surface area (Å²) in [6, 6.07) is 1.08. The van der Waals surface area contributed by atoms with Crippen molar-refractivity contribution in [2.75, 3.05) is 0 Å². The van der Waals surface area contributed by atoms with E-state index in [1.165, 1.54) is 30.3 Å². The molecule has 0 atom stereocenters. The molecule has 0 bridgehead atoms. The van der Waals surface area contributed by atoms with Crippen LogP contribution in [0, 0.1) is 6.92 Å². The van der Waals surface area contributed by atoms with Crippen molar-refractivity contribution >= 4 is 0 Å². The third-order valence-corrected chi connectivity index (χ3v) is 2.24. The summed E-state index contributed by atoms with van der Waals surface area (Å²) in [6.07, 6.45) is -0.0584. The van der Waals surface area contributed by atoms with E-state index in [2.05, 4.69) is 15.2 Å². The maximum atomic E-state index is 12.6. The third kappa shape index (κ3) is 2.61. The number of hydrogen-bond acceptors (Lipinski definition) is 3. The fourth-order valence-electron chi connectivity index (χ4n) is 1.44. The Morgan fingerprint density at radius 2 is 1.88 bits per heavy atom. The maximum Gasteiger partial charge on any atom is 0.418 e. The first-order chi connectivity index (χ1) is 7.97. The van der Waals surface area contributed by atoms with E-state index in [9.17, 15) is 13.2 Å². The zero-order valence-electron chi connectivity index (χ0n) is 8.94. The van der Waals surface area contributed by atoms with E-state index in [0.717, 1.165) is 6.07 Å². The van der Waals surface area contributed by atoms with Crippen LogP contribution >= 0.6 is 0 Å². The predicted octanol–water partition coefficient (Wildman–Crippen LogP) is 2.05. The van der Waals surface area contributed by atoms with Gasteiger partial charge in [0.2, 0.25) is 0 Å². The standard InChI is InChI=1S/C10H9F3N4/c1-7-9(10(11,12)13)4-8(5-14-7)6-17-15-2-3-16-17/h2-5H,6H2,1H3. The van der Waals surface area contributed by atoms with Crippen LogP contribution in [0.4, 0.5) is 13.2 Å². The molecule has 7 heteroatoms. The lowest BCUT2D eigenvalue weighted by Gasteiger charge is -2.10. The van der Waals surface area contributed by atoms with Crippen LogP contribution in [-0.4, -0.2) is 20.0 Å². The van der Waals surface area contributed by atoms with Gasteiger partial charge in [-0.1, -0.05) is 0 Å². The topological polar surface area (TPSA) is 43.6 Å². The first-order valence-corrected chi connectivity index (χ1v) is 4.83. The van der Waals surface area contributed by atoms with Crippen LogP contribution in [0.3, 0.4) is 0 Å². The van der Waals surface area contributed by atoms with Crippen LogP contribution in [0.15, 0.2) is 24.7 Å². The van der Waals surface area contributed by atoms with E-state index >= 15 is 0 Å². The van der Waals surface area contributed by atoms with Crippen molar-refractivity contribution in [3.8, 4) is 0 Å². The summed E-state index contributed by atoms with van der Waals surface area (Å²) in [4.78, 5) is 5.04. The summed E-state index contributed by atoms with van der Waals surface area (Å²) < 4.78 is 37.9. The average Bonchev–Trinajstić information content (AvgIpc) is 2.72. The normalized spacial score (nSPS) is 11.8. The van der Waals surface area contributed by atoms with Crippen LogP contribution in [0.2, 0.25) is 0 Å².